The number of benzene rings is 2. The first-order valence-electron chi connectivity index (χ1n) is 10.0. The van der Waals surface area contributed by atoms with Gasteiger partial charge in [-0.1, -0.05) is 30.3 Å². The molecule has 1 aromatic heterocycles. The van der Waals surface area contributed by atoms with E-state index in [0.29, 0.717) is 17.3 Å². The highest BCUT2D eigenvalue weighted by Gasteiger charge is 2.15. The van der Waals surface area contributed by atoms with E-state index >= 15 is 0 Å². The lowest BCUT2D eigenvalue weighted by molar-refractivity contribution is -0.122. The van der Waals surface area contributed by atoms with Crippen LogP contribution in [0.2, 0.25) is 0 Å². The van der Waals surface area contributed by atoms with Gasteiger partial charge in [0.25, 0.3) is 5.56 Å². The maximum absolute atomic E-state index is 12.6. The Hall–Kier alpha value is -3.41. The van der Waals surface area contributed by atoms with Crippen LogP contribution in [0, 0.1) is 6.92 Å². The Bertz CT molecular complexity index is 1040. The van der Waals surface area contributed by atoms with Gasteiger partial charge < -0.3 is 10.1 Å². The van der Waals surface area contributed by atoms with Crippen molar-refractivity contribution in [2.24, 2.45) is 0 Å². The highest BCUT2D eigenvalue weighted by Crippen LogP contribution is 2.20. The lowest BCUT2D eigenvalue weighted by atomic mass is 10.1. The number of ether oxygens (including phenoxy) is 1. The van der Waals surface area contributed by atoms with Crippen LogP contribution in [0.3, 0.4) is 0 Å². The fourth-order valence-corrected chi connectivity index (χ4v) is 3.30. The van der Waals surface area contributed by atoms with Crippen molar-refractivity contribution < 1.29 is 9.53 Å². The van der Waals surface area contributed by atoms with Gasteiger partial charge in [0.1, 0.15) is 18.1 Å². The first kappa shape index (κ1) is 21.3. The molecule has 1 amide bonds. The molecule has 2 aromatic carbocycles. The van der Waals surface area contributed by atoms with Crippen LogP contribution in [0.15, 0.2) is 65.5 Å². The summed E-state index contributed by atoms with van der Waals surface area (Å²) in [5.74, 6) is 0.970. The Morgan fingerprint density at radius 2 is 1.83 bits per heavy atom. The van der Waals surface area contributed by atoms with Gasteiger partial charge in [-0.25, -0.2) is 4.98 Å². The van der Waals surface area contributed by atoms with Gasteiger partial charge in [0.05, 0.1) is 7.11 Å². The fourth-order valence-electron chi connectivity index (χ4n) is 3.30. The number of hydrogen-bond donors (Lipinski definition) is 1. The van der Waals surface area contributed by atoms with Gasteiger partial charge in [0.2, 0.25) is 5.91 Å². The molecule has 0 aliphatic heterocycles. The largest absolute Gasteiger partial charge is 0.497 e. The molecule has 0 aliphatic carbocycles. The van der Waals surface area contributed by atoms with Crippen LogP contribution in [0.4, 0.5) is 0 Å². The number of nitrogens with one attached hydrogen (secondary N) is 1. The van der Waals surface area contributed by atoms with Crippen LogP contribution < -0.4 is 15.6 Å². The van der Waals surface area contributed by atoms with E-state index in [9.17, 15) is 9.59 Å². The zero-order valence-corrected chi connectivity index (χ0v) is 17.6. The summed E-state index contributed by atoms with van der Waals surface area (Å²) < 4.78 is 6.60. The molecular weight excluding hydrogens is 378 g/mol. The molecule has 6 heteroatoms. The standard InChI is InChI=1S/C24H27N3O3/c1-17(9-10-19-7-5-4-6-8-19)25-22(28)16-27-23(29)15-18(2)26-24(27)20-11-13-21(30-3)14-12-20/h4-8,11-15,17H,9-10,16H2,1-3H3,(H,25,28)/t17-/m1/s1. The van der Waals surface area contributed by atoms with Crippen molar-refractivity contribution in [2.45, 2.75) is 39.3 Å². The van der Waals surface area contributed by atoms with E-state index < -0.39 is 0 Å². The second kappa shape index (κ2) is 9.87. The number of hydrogen-bond acceptors (Lipinski definition) is 4. The molecule has 1 heterocycles. The molecule has 0 fully saturated rings. The van der Waals surface area contributed by atoms with E-state index in [2.05, 4.69) is 22.4 Å². The predicted octanol–water partition coefficient (Wildman–Crippen LogP) is 3.36. The van der Waals surface area contributed by atoms with Gasteiger partial charge >= 0.3 is 0 Å². The molecule has 0 radical (unpaired) electrons. The van der Waals surface area contributed by atoms with Crippen molar-refractivity contribution in [1.82, 2.24) is 14.9 Å². The SMILES string of the molecule is COc1ccc(-c2nc(C)cc(=O)n2CC(=O)N[C@H](C)CCc2ccccc2)cc1. The number of amides is 1. The summed E-state index contributed by atoms with van der Waals surface area (Å²) in [6.45, 7) is 3.66. The minimum Gasteiger partial charge on any atom is -0.497 e. The second-order valence-corrected chi connectivity index (χ2v) is 7.37. The van der Waals surface area contributed by atoms with Gasteiger partial charge in [-0.05, 0) is 56.5 Å². The van der Waals surface area contributed by atoms with E-state index in [-0.39, 0.29) is 24.1 Å². The smallest absolute Gasteiger partial charge is 0.254 e. The van der Waals surface area contributed by atoms with Crippen molar-refractivity contribution in [1.29, 1.82) is 0 Å². The van der Waals surface area contributed by atoms with Gasteiger partial charge in [0.15, 0.2) is 0 Å². The molecular formula is C24H27N3O3. The molecule has 1 N–H and O–H groups in total. The summed E-state index contributed by atoms with van der Waals surface area (Å²) in [5, 5.41) is 2.99. The van der Waals surface area contributed by atoms with Crippen LogP contribution in [-0.4, -0.2) is 28.6 Å². The van der Waals surface area contributed by atoms with Crippen LogP contribution in [0.1, 0.15) is 24.6 Å². The van der Waals surface area contributed by atoms with Crippen molar-refractivity contribution in [3.05, 3.63) is 82.3 Å². The zero-order valence-electron chi connectivity index (χ0n) is 17.6. The van der Waals surface area contributed by atoms with Crippen LogP contribution in [0.25, 0.3) is 11.4 Å². The molecule has 0 spiro atoms. The maximum Gasteiger partial charge on any atom is 0.254 e. The van der Waals surface area contributed by atoms with Crippen molar-refractivity contribution in [2.75, 3.05) is 7.11 Å². The summed E-state index contributed by atoms with van der Waals surface area (Å²) in [6.07, 6.45) is 1.70. The molecule has 0 saturated heterocycles. The van der Waals surface area contributed by atoms with Crippen molar-refractivity contribution >= 4 is 5.91 Å². The fraction of sp³-hybridized carbons (Fsp3) is 0.292. The van der Waals surface area contributed by atoms with E-state index in [1.807, 2.05) is 37.3 Å². The summed E-state index contributed by atoms with van der Waals surface area (Å²) in [5.41, 5.74) is 2.35. The lowest BCUT2D eigenvalue weighted by Crippen LogP contribution is -2.38. The van der Waals surface area contributed by atoms with E-state index in [1.165, 1.54) is 16.2 Å². The number of nitrogens with zero attached hydrogens (tertiary/aromatic N) is 2. The number of aromatic nitrogens is 2. The number of carbonyl (C=O) groups is 1. The van der Waals surface area contributed by atoms with Crippen molar-refractivity contribution in [3.8, 4) is 17.1 Å². The Labute approximate surface area is 176 Å². The van der Waals surface area contributed by atoms with Crippen LogP contribution >= 0.6 is 0 Å². The molecule has 0 aliphatic rings. The Morgan fingerprint density at radius 1 is 1.13 bits per heavy atom. The normalized spacial score (nSPS) is 11.7. The first-order valence-corrected chi connectivity index (χ1v) is 10.0. The lowest BCUT2D eigenvalue weighted by Gasteiger charge is -2.16. The van der Waals surface area contributed by atoms with Gasteiger partial charge in [-0.2, -0.15) is 0 Å². The van der Waals surface area contributed by atoms with Crippen LogP contribution in [-0.2, 0) is 17.8 Å². The topological polar surface area (TPSA) is 73.2 Å². The van der Waals surface area contributed by atoms with E-state index in [0.717, 1.165) is 18.4 Å². The number of rotatable bonds is 8. The summed E-state index contributed by atoms with van der Waals surface area (Å²) in [6, 6.07) is 18.9. The number of carbonyl (C=O) groups excluding carboxylic acids is 1. The maximum atomic E-state index is 12.6. The molecule has 156 valence electrons. The summed E-state index contributed by atoms with van der Waals surface area (Å²) in [4.78, 5) is 29.8. The van der Waals surface area contributed by atoms with Gasteiger partial charge in [-0.3, -0.25) is 14.2 Å². The monoisotopic (exact) mass is 405 g/mol. The Morgan fingerprint density at radius 3 is 2.50 bits per heavy atom. The minimum absolute atomic E-state index is 0.00347. The molecule has 0 bridgehead atoms. The highest BCUT2D eigenvalue weighted by atomic mass is 16.5. The van der Waals surface area contributed by atoms with Crippen LogP contribution in [0.5, 0.6) is 5.75 Å². The zero-order chi connectivity index (χ0) is 21.5. The molecule has 0 unspecified atom stereocenters. The summed E-state index contributed by atoms with van der Waals surface area (Å²) >= 11 is 0. The number of aryl methyl sites for hydroxylation is 2. The molecule has 6 nitrogen and oxygen atoms in total. The third-order valence-electron chi connectivity index (χ3n) is 4.90. The molecule has 0 saturated carbocycles. The molecule has 3 aromatic rings. The minimum atomic E-state index is -0.250. The van der Waals surface area contributed by atoms with E-state index in [4.69, 9.17) is 4.74 Å². The molecule has 3 rings (SSSR count). The summed E-state index contributed by atoms with van der Waals surface area (Å²) in [7, 11) is 1.60. The van der Waals surface area contributed by atoms with Gasteiger partial charge in [0, 0.05) is 23.4 Å². The molecule has 30 heavy (non-hydrogen) atoms. The second-order valence-electron chi connectivity index (χ2n) is 7.37. The third kappa shape index (κ3) is 5.56. The van der Waals surface area contributed by atoms with Crippen molar-refractivity contribution in [3.63, 3.8) is 0 Å². The Balaban J connectivity index is 1.71. The highest BCUT2D eigenvalue weighted by molar-refractivity contribution is 5.76. The van der Waals surface area contributed by atoms with Gasteiger partial charge in [-0.15, -0.1) is 0 Å². The Kier molecular flexibility index (Phi) is 7.01. The average Bonchev–Trinajstić information content (AvgIpc) is 2.75. The quantitative estimate of drug-likeness (QED) is 0.624. The third-order valence-corrected chi connectivity index (χ3v) is 4.90. The first-order chi connectivity index (χ1) is 14.5. The average molecular weight is 405 g/mol. The molecule has 1 atom stereocenters. The predicted molar refractivity (Wildman–Crippen MR) is 118 cm³/mol. The van der Waals surface area contributed by atoms with E-state index in [1.54, 1.807) is 26.2 Å². The number of methoxy groups -OCH3 is 1.